The first kappa shape index (κ1) is 33.3. The van der Waals surface area contributed by atoms with Gasteiger partial charge >= 0.3 is 11.7 Å². The molecule has 6 rings (SSSR count). The van der Waals surface area contributed by atoms with E-state index in [1.807, 2.05) is 0 Å². The van der Waals surface area contributed by atoms with Crippen LogP contribution in [0.4, 0.5) is 18.9 Å². The molecule has 1 saturated heterocycles. The van der Waals surface area contributed by atoms with E-state index in [1.54, 1.807) is 12.1 Å². The number of hydrogen-bond acceptors (Lipinski definition) is 8. The number of nitrogens with one attached hydrogen (secondary N) is 1. The van der Waals surface area contributed by atoms with Gasteiger partial charge < -0.3 is 20.1 Å². The molecule has 1 amide bonds. The second kappa shape index (κ2) is 12.8. The molecule has 2 atom stereocenters. The number of anilines is 1. The van der Waals surface area contributed by atoms with E-state index >= 15 is 4.39 Å². The molecule has 1 aliphatic rings. The Labute approximate surface area is 276 Å². The zero-order valence-electron chi connectivity index (χ0n) is 26.6. The van der Waals surface area contributed by atoms with Crippen LogP contribution in [-0.4, -0.2) is 73.8 Å². The number of fused-ring (bicyclic) bond motifs is 2. The number of carboxylic acid groups (broad SMARTS) is 1. The summed E-state index contributed by atoms with van der Waals surface area (Å²) in [7, 11) is 1.51. The summed E-state index contributed by atoms with van der Waals surface area (Å²) in [5.74, 6) is -6.56. The number of nitrogens with zero attached hydrogens (tertiary/aromatic N) is 5. The smallest absolute Gasteiger partial charge is 0.335 e. The van der Waals surface area contributed by atoms with Gasteiger partial charge in [0, 0.05) is 50.4 Å². The molecule has 1 fully saturated rings. The van der Waals surface area contributed by atoms with Gasteiger partial charge in [-0.15, -0.1) is 0 Å². The van der Waals surface area contributed by atoms with Crippen molar-refractivity contribution in [3.8, 4) is 5.69 Å². The Morgan fingerprint density at radius 2 is 1.92 bits per heavy atom. The summed E-state index contributed by atoms with van der Waals surface area (Å²) in [6.45, 7) is 2.18. The number of pyridine rings is 2. The van der Waals surface area contributed by atoms with Crippen LogP contribution in [0.15, 0.2) is 70.6 Å². The molecule has 4 heterocycles. The first-order valence-corrected chi connectivity index (χ1v) is 15.3. The molecule has 254 valence electrons. The highest BCUT2D eigenvalue weighted by Gasteiger charge is 2.41. The summed E-state index contributed by atoms with van der Waals surface area (Å²) >= 11 is 0. The van der Waals surface area contributed by atoms with E-state index in [4.69, 9.17) is 4.74 Å². The van der Waals surface area contributed by atoms with Crippen molar-refractivity contribution in [2.75, 3.05) is 24.7 Å². The number of aryl methyl sites for hydroxylation is 2. The van der Waals surface area contributed by atoms with Crippen LogP contribution in [0.25, 0.3) is 27.5 Å². The second-order valence-electron chi connectivity index (χ2n) is 11.9. The van der Waals surface area contributed by atoms with Crippen molar-refractivity contribution in [2.45, 2.75) is 38.3 Å². The number of alkyl halides is 2. The van der Waals surface area contributed by atoms with Gasteiger partial charge in [0.1, 0.15) is 17.9 Å². The van der Waals surface area contributed by atoms with E-state index in [0.29, 0.717) is 16.5 Å². The molecule has 5 aromatic rings. The number of aliphatic carboxylic acids is 1. The lowest BCUT2D eigenvalue weighted by molar-refractivity contribution is -0.139. The number of rotatable bonds is 8. The van der Waals surface area contributed by atoms with Crippen LogP contribution in [0, 0.1) is 12.7 Å². The molecule has 0 bridgehead atoms. The van der Waals surface area contributed by atoms with Crippen LogP contribution >= 0.6 is 0 Å². The number of carbonyl (C=O) groups is 2. The number of carboxylic acids is 1. The molecule has 0 radical (unpaired) electrons. The zero-order chi connectivity index (χ0) is 35.2. The van der Waals surface area contributed by atoms with Crippen LogP contribution < -0.4 is 21.5 Å². The Kier molecular flexibility index (Phi) is 8.71. The molecular formula is C34H31F3N6O6. The highest BCUT2D eigenvalue weighted by Crippen LogP contribution is 2.32. The van der Waals surface area contributed by atoms with Crippen molar-refractivity contribution in [2.24, 2.45) is 7.05 Å². The third-order valence-electron chi connectivity index (χ3n) is 8.72. The maximum atomic E-state index is 15.5. The average Bonchev–Trinajstić information content (AvgIpc) is 3.07. The van der Waals surface area contributed by atoms with Gasteiger partial charge in [0.2, 0.25) is 0 Å². The zero-order valence-corrected chi connectivity index (χ0v) is 26.6. The average molecular weight is 677 g/mol. The van der Waals surface area contributed by atoms with E-state index in [2.05, 4.69) is 15.3 Å². The highest BCUT2D eigenvalue weighted by atomic mass is 19.3. The van der Waals surface area contributed by atoms with Crippen LogP contribution in [0.3, 0.4) is 0 Å². The molecule has 2 N–H and O–H groups in total. The Morgan fingerprint density at radius 3 is 2.63 bits per heavy atom. The van der Waals surface area contributed by atoms with Crippen LogP contribution in [0.5, 0.6) is 0 Å². The monoisotopic (exact) mass is 676 g/mol. The van der Waals surface area contributed by atoms with Gasteiger partial charge in [-0.3, -0.25) is 24.1 Å². The van der Waals surface area contributed by atoms with E-state index in [9.17, 15) is 33.1 Å². The van der Waals surface area contributed by atoms with Crippen LogP contribution in [0.1, 0.15) is 28.4 Å². The molecule has 49 heavy (non-hydrogen) atoms. The van der Waals surface area contributed by atoms with Crippen molar-refractivity contribution in [3.63, 3.8) is 0 Å². The first-order chi connectivity index (χ1) is 23.3. The number of halogens is 3. The first-order valence-electron chi connectivity index (χ1n) is 15.3. The predicted molar refractivity (Wildman–Crippen MR) is 174 cm³/mol. The van der Waals surface area contributed by atoms with Gasteiger partial charge in [0.15, 0.2) is 0 Å². The molecule has 0 aliphatic carbocycles. The van der Waals surface area contributed by atoms with Gasteiger partial charge in [-0.2, -0.15) is 0 Å². The van der Waals surface area contributed by atoms with Gasteiger partial charge in [-0.05, 0) is 48.4 Å². The third-order valence-corrected chi connectivity index (χ3v) is 8.72. The lowest BCUT2D eigenvalue weighted by atomic mass is 9.99. The molecule has 1 aliphatic heterocycles. The summed E-state index contributed by atoms with van der Waals surface area (Å²) in [6, 6.07) is 7.27. The second-order valence-corrected chi connectivity index (χ2v) is 11.9. The summed E-state index contributed by atoms with van der Waals surface area (Å²) < 4.78 is 51.6. The Balaban J connectivity index is 1.32. The summed E-state index contributed by atoms with van der Waals surface area (Å²) in [5.41, 5.74) is -0.223. The number of morpholine rings is 1. The standard InChI is InChI=1S/C34H31F3N6O6/c1-18-13-20(42-11-12-49-17-27(42)34(2,36)37)15-23(35)28(18)30(44)40-24(32(46)47)14-19-6-7-25(29-21(19)5-4-9-39-29)43-31(45)22-8-10-38-16-26(22)41(3)33(43)48/h4-10,13,15-16,24,27H,11-12,14,17H2,1-3H3,(H,40,44)(H,46,47)/t24-,27-/m0/s1. The third kappa shape index (κ3) is 6.12. The minimum atomic E-state index is -3.15. The minimum Gasteiger partial charge on any atom is -0.480 e. The van der Waals surface area contributed by atoms with Gasteiger partial charge in [0.25, 0.3) is 17.4 Å². The fourth-order valence-corrected chi connectivity index (χ4v) is 6.24. The van der Waals surface area contributed by atoms with Crippen molar-refractivity contribution in [1.82, 2.24) is 24.4 Å². The summed E-state index contributed by atoms with van der Waals surface area (Å²) in [6.07, 6.45) is 4.05. The molecule has 15 heteroatoms. The van der Waals surface area contributed by atoms with E-state index in [0.717, 1.165) is 17.6 Å². The number of aromatic nitrogens is 4. The molecule has 2 aromatic carbocycles. The summed E-state index contributed by atoms with van der Waals surface area (Å²) in [4.78, 5) is 62.3. The maximum Gasteiger partial charge on any atom is 0.335 e. The lowest BCUT2D eigenvalue weighted by Gasteiger charge is -2.40. The number of ether oxygens (including phenoxy) is 1. The van der Waals surface area contributed by atoms with E-state index < -0.39 is 52.5 Å². The number of carbonyl (C=O) groups excluding carboxylic acids is 1. The van der Waals surface area contributed by atoms with E-state index in [1.165, 1.54) is 66.3 Å². The quantitative estimate of drug-likeness (QED) is 0.252. The predicted octanol–water partition coefficient (Wildman–Crippen LogP) is 3.37. The van der Waals surface area contributed by atoms with Crippen molar-refractivity contribution < 1.29 is 32.6 Å². The van der Waals surface area contributed by atoms with Crippen molar-refractivity contribution in [3.05, 3.63) is 104 Å². The topological polar surface area (TPSA) is 149 Å². The van der Waals surface area contributed by atoms with Crippen LogP contribution in [-0.2, 0) is 23.0 Å². The van der Waals surface area contributed by atoms with Crippen molar-refractivity contribution in [1.29, 1.82) is 0 Å². The molecule has 0 unspecified atom stereocenters. The SMILES string of the molecule is Cc1cc(N2CCOC[C@H]2C(C)(F)F)cc(F)c1C(=O)N[C@@H](Cc1ccc(-n2c(=O)c3ccncc3n(C)c2=O)c2ncccc12)C(=O)O. The molecule has 12 nitrogen and oxygen atoms in total. The fraction of sp³-hybridized carbons (Fsp3) is 0.294. The number of amides is 1. The van der Waals surface area contributed by atoms with E-state index in [-0.39, 0.29) is 54.0 Å². The highest BCUT2D eigenvalue weighted by molar-refractivity contribution is 5.99. The van der Waals surface area contributed by atoms with Crippen LogP contribution in [0.2, 0.25) is 0 Å². The minimum absolute atomic E-state index is 0.0861. The fourth-order valence-electron chi connectivity index (χ4n) is 6.24. The Morgan fingerprint density at radius 1 is 1.14 bits per heavy atom. The lowest BCUT2D eigenvalue weighted by Crippen LogP contribution is -2.54. The van der Waals surface area contributed by atoms with Crippen molar-refractivity contribution >= 4 is 39.4 Å². The largest absolute Gasteiger partial charge is 0.480 e. The Hall–Kier alpha value is -5.57. The van der Waals surface area contributed by atoms with Gasteiger partial charge in [0.05, 0.1) is 47.1 Å². The normalized spacial score (nSPS) is 15.8. The Bertz CT molecular complexity index is 2230. The molecule has 0 spiro atoms. The number of hydrogen-bond donors (Lipinski definition) is 2. The van der Waals surface area contributed by atoms with Gasteiger partial charge in [-0.25, -0.2) is 27.3 Å². The number of benzene rings is 2. The molecule has 3 aromatic heterocycles. The molecule has 0 saturated carbocycles. The maximum absolute atomic E-state index is 15.5. The summed E-state index contributed by atoms with van der Waals surface area (Å²) in [5, 5.41) is 13.1. The molecular weight excluding hydrogens is 645 g/mol. The van der Waals surface area contributed by atoms with Gasteiger partial charge in [-0.1, -0.05) is 12.1 Å².